The predicted octanol–water partition coefficient (Wildman–Crippen LogP) is 3.61. The van der Waals surface area contributed by atoms with Gasteiger partial charge in [0.25, 0.3) is 5.91 Å². The second-order valence-corrected chi connectivity index (χ2v) is 8.18. The van der Waals surface area contributed by atoms with Crippen molar-refractivity contribution in [3.05, 3.63) is 40.8 Å². The van der Waals surface area contributed by atoms with E-state index in [0.717, 1.165) is 48.6 Å². The fourth-order valence-corrected chi connectivity index (χ4v) is 4.59. The van der Waals surface area contributed by atoms with E-state index >= 15 is 0 Å². The second kappa shape index (κ2) is 9.21. The van der Waals surface area contributed by atoms with E-state index < -0.39 is 0 Å². The van der Waals surface area contributed by atoms with Crippen molar-refractivity contribution in [2.75, 3.05) is 44.3 Å². The predicted molar refractivity (Wildman–Crippen MR) is 117 cm³/mol. The highest BCUT2D eigenvalue weighted by Crippen LogP contribution is 2.32. The van der Waals surface area contributed by atoms with Gasteiger partial charge in [-0.1, -0.05) is 22.6 Å². The molecule has 1 saturated heterocycles. The smallest absolute Gasteiger partial charge is 0.298 e. The summed E-state index contributed by atoms with van der Waals surface area (Å²) in [6.45, 7) is 10.4. The van der Waals surface area contributed by atoms with E-state index in [1.807, 2.05) is 6.92 Å². The molecule has 4 rings (SSSR count). The molecule has 0 saturated carbocycles. The lowest BCUT2D eigenvalue weighted by molar-refractivity contribution is 0.0390. The molecule has 0 spiro atoms. The van der Waals surface area contributed by atoms with Gasteiger partial charge in [-0.3, -0.25) is 14.6 Å². The van der Waals surface area contributed by atoms with Crippen LogP contribution < -0.4 is 4.90 Å². The summed E-state index contributed by atoms with van der Waals surface area (Å²) in [6, 6.07) is 5.91. The van der Waals surface area contributed by atoms with Crippen LogP contribution in [0.4, 0.5) is 5.13 Å². The monoisotopic (exact) mass is 436 g/mol. The first-order valence-electron chi connectivity index (χ1n) is 9.44. The summed E-state index contributed by atoms with van der Waals surface area (Å²) >= 11 is 1.54. The Morgan fingerprint density at radius 3 is 2.66 bits per heavy atom. The van der Waals surface area contributed by atoms with E-state index in [2.05, 4.69) is 36.0 Å². The minimum absolute atomic E-state index is 0. The number of amides is 1. The van der Waals surface area contributed by atoms with Crippen molar-refractivity contribution in [3.63, 3.8) is 0 Å². The molecule has 0 bridgehead atoms. The fraction of sp³-hybridized carbons (Fsp3) is 0.450. The van der Waals surface area contributed by atoms with Crippen molar-refractivity contribution < 1.29 is 14.1 Å². The summed E-state index contributed by atoms with van der Waals surface area (Å²) in [4.78, 5) is 22.0. The third-order valence-electron chi connectivity index (χ3n) is 4.88. The van der Waals surface area contributed by atoms with Gasteiger partial charge in [0.1, 0.15) is 0 Å². The number of aryl methyl sites for hydroxylation is 3. The number of rotatable bonds is 5. The molecule has 9 heteroatoms. The van der Waals surface area contributed by atoms with Crippen LogP contribution in [0.2, 0.25) is 0 Å². The molecule has 156 valence electrons. The molecular formula is C20H25ClN4O3S. The van der Waals surface area contributed by atoms with Gasteiger partial charge in [0, 0.05) is 32.2 Å². The molecule has 1 aliphatic heterocycles. The Kier molecular flexibility index (Phi) is 6.89. The molecule has 0 atom stereocenters. The number of carbonyl (C=O) groups excluding carboxylic acids is 1. The average Bonchev–Trinajstić information content (AvgIpc) is 3.29. The number of thiazole rings is 1. The first-order valence-corrected chi connectivity index (χ1v) is 10.3. The van der Waals surface area contributed by atoms with Gasteiger partial charge in [0.2, 0.25) is 5.76 Å². The van der Waals surface area contributed by atoms with Crippen LogP contribution in [0.5, 0.6) is 0 Å². The van der Waals surface area contributed by atoms with Crippen LogP contribution in [-0.2, 0) is 4.74 Å². The maximum absolute atomic E-state index is 13.2. The molecule has 0 radical (unpaired) electrons. The Balaban J connectivity index is 0.00000240. The molecule has 0 unspecified atom stereocenters. The molecular weight excluding hydrogens is 412 g/mol. The normalized spacial score (nSPS) is 14.7. The summed E-state index contributed by atoms with van der Waals surface area (Å²) in [5, 5.41) is 4.56. The minimum Gasteiger partial charge on any atom is -0.379 e. The molecule has 3 heterocycles. The number of aromatic nitrogens is 2. The van der Waals surface area contributed by atoms with Crippen LogP contribution in [0.3, 0.4) is 0 Å². The molecule has 1 amide bonds. The summed E-state index contributed by atoms with van der Waals surface area (Å²) in [6.07, 6.45) is 0. The molecule has 0 aliphatic carbocycles. The van der Waals surface area contributed by atoms with Gasteiger partial charge >= 0.3 is 0 Å². The molecule has 0 N–H and O–H groups in total. The summed E-state index contributed by atoms with van der Waals surface area (Å²) < 4.78 is 11.7. The number of nitrogens with zero attached hydrogens (tertiary/aromatic N) is 4. The van der Waals surface area contributed by atoms with Gasteiger partial charge < -0.3 is 9.26 Å². The van der Waals surface area contributed by atoms with Gasteiger partial charge in [-0.2, -0.15) is 0 Å². The van der Waals surface area contributed by atoms with E-state index in [0.29, 0.717) is 17.4 Å². The largest absolute Gasteiger partial charge is 0.379 e. The molecule has 1 aliphatic rings. The van der Waals surface area contributed by atoms with E-state index in [-0.39, 0.29) is 24.1 Å². The van der Waals surface area contributed by atoms with E-state index in [1.165, 1.54) is 16.9 Å². The SMILES string of the molecule is Cc1cc(C)c2nc(N(CCN3CCOCC3)C(=O)c3cc(C)no3)sc2c1.Cl. The zero-order valence-electron chi connectivity index (χ0n) is 16.8. The molecule has 3 aromatic rings. The van der Waals surface area contributed by atoms with Crippen molar-refractivity contribution in [2.45, 2.75) is 20.8 Å². The first-order chi connectivity index (χ1) is 13.5. The topological polar surface area (TPSA) is 71.7 Å². The number of anilines is 1. The number of benzene rings is 1. The zero-order chi connectivity index (χ0) is 19.7. The number of fused-ring (bicyclic) bond motifs is 1. The van der Waals surface area contributed by atoms with E-state index in [9.17, 15) is 4.79 Å². The Labute approximate surface area is 180 Å². The highest BCUT2D eigenvalue weighted by Gasteiger charge is 2.26. The van der Waals surface area contributed by atoms with E-state index in [4.69, 9.17) is 14.2 Å². The molecule has 1 fully saturated rings. The van der Waals surface area contributed by atoms with Gasteiger partial charge in [-0.05, 0) is 38.0 Å². The summed E-state index contributed by atoms with van der Waals surface area (Å²) in [5.74, 6) is 0.0360. The average molecular weight is 437 g/mol. The Morgan fingerprint density at radius 1 is 1.21 bits per heavy atom. The number of halogens is 1. The molecule has 29 heavy (non-hydrogen) atoms. The molecule has 1 aromatic carbocycles. The van der Waals surface area contributed by atoms with Gasteiger partial charge in [0.05, 0.1) is 29.1 Å². The number of carbonyl (C=O) groups is 1. The maximum Gasteiger partial charge on any atom is 0.298 e. The van der Waals surface area contributed by atoms with Gasteiger partial charge in [-0.15, -0.1) is 12.4 Å². The summed E-state index contributed by atoms with van der Waals surface area (Å²) in [5.41, 5.74) is 3.95. The van der Waals surface area contributed by atoms with Crippen molar-refractivity contribution in [2.24, 2.45) is 0 Å². The van der Waals surface area contributed by atoms with Crippen molar-refractivity contribution in [1.82, 2.24) is 15.0 Å². The third kappa shape index (κ3) is 4.78. The zero-order valence-corrected chi connectivity index (χ0v) is 18.4. The number of ether oxygens (including phenoxy) is 1. The van der Waals surface area contributed by atoms with Crippen LogP contribution in [0.25, 0.3) is 10.2 Å². The quantitative estimate of drug-likeness (QED) is 0.608. The minimum atomic E-state index is -0.206. The Morgan fingerprint density at radius 2 is 1.97 bits per heavy atom. The van der Waals surface area contributed by atoms with Crippen LogP contribution >= 0.6 is 23.7 Å². The highest BCUT2D eigenvalue weighted by atomic mass is 35.5. The van der Waals surface area contributed by atoms with Crippen LogP contribution in [-0.4, -0.2) is 60.3 Å². The van der Waals surface area contributed by atoms with Crippen molar-refractivity contribution in [1.29, 1.82) is 0 Å². The Bertz CT molecular complexity index is 997. The first kappa shape index (κ1) is 21.7. The molecule has 7 nitrogen and oxygen atoms in total. The van der Waals surface area contributed by atoms with Crippen molar-refractivity contribution >= 4 is 45.0 Å². The second-order valence-electron chi connectivity index (χ2n) is 7.17. The van der Waals surface area contributed by atoms with E-state index in [1.54, 1.807) is 11.0 Å². The van der Waals surface area contributed by atoms with Crippen LogP contribution in [0.1, 0.15) is 27.4 Å². The molecule has 2 aromatic heterocycles. The van der Waals surface area contributed by atoms with Gasteiger partial charge in [0.15, 0.2) is 5.13 Å². The third-order valence-corrected chi connectivity index (χ3v) is 5.90. The standard InChI is InChI=1S/C20H24N4O3S.ClH/c1-13-10-14(2)18-17(11-13)28-20(21-18)24(5-4-23-6-8-26-9-7-23)19(25)16-12-15(3)22-27-16;/h10-12H,4-9H2,1-3H3;1H. The number of hydrogen-bond donors (Lipinski definition) is 0. The highest BCUT2D eigenvalue weighted by molar-refractivity contribution is 7.22. The van der Waals surface area contributed by atoms with Crippen molar-refractivity contribution in [3.8, 4) is 0 Å². The van der Waals surface area contributed by atoms with Crippen LogP contribution in [0, 0.1) is 20.8 Å². The van der Waals surface area contributed by atoms with Gasteiger partial charge in [-0.25, -0.2) is 4.98 Å². The number of hydrogen-bond acceptors (Lipinski definition) is 7. The Hall–Kier alpha value is -2.00. The maximum atomic E-state index is 13.2. The lowest BCUT2D eigenvalue weighted by Crippen LogP contribution is -2.43. The lowest BCUT2D eigenvalue weighted by Gasteiger charge is -2.28. The summed E-state index contributed by atoms with van der Waals surface area (Å²) in [7, 11) is 0. The fourth-order valence-electron chi connectivity index (χ4n) is 3.42. The number of morpholine rings is 1. The van der Waals surface area contributed by atoms with Crippen LogP contribution in [0.15, 0.2) is 22.7 Å². The lowest BCUT2D eigenvalue weighted by atomic mass is 10.1.